The first-order valence-electron chi connectivity index (χ1n) is 5.77. The Morgan fingerprint density at radius 3 is 2.50 bits per heavy atom. The molecule has 2 rings (SSSR count). The zero-order chi connectivity index (χ0) is 13.1. The molecule has 0 spiro atoms. The first kappa shape index (κ1) is 13.0. The van der Waals surface area contributed by atoms with E-state index in [1.807, 2.05) is 38.1 Å². The van der Waals surface area contributed by atoms with Crippen LogP contribution in [0.25, 0.3) is 0 Å². The lowest BCUT2D eigenvalue weighted by Crippen LogP contribution is -2.06. The summed E-state index contributed by atoms with van der Waals surface area (Å²) < 4.78 is 0.829. The van der Waals surface area contributed by atoms with Crippen LogP contribution in [0.15, 0.2) is 41.1 Å². The Bertz CT molecular complexity index is 573. The fraction of sp³-hybridized carbons (Fsp3) is 0.200. The van der Waals surface area contributed by atoms with E-state index in [2.05, 4.69) is 20.9 Å². The van der Waals surface area contributed by atoms with E-state index in [1.54, 1.807) is 12.4 Å². The molecule has 0 N–H and O–H groups in total. The summed E-state index contributed by atoms with van der Waals surface area (Å²) in [6.07, 6.45) is 3.72. The maximum Gasteiger partial charge on any atom is 0.168 e. The van der Waals surface area contributed by atoms with Crippen molar-refractivity contribution in [1.82, 2.24) is 4.98 Å². The summed E-state index contributed by atoms with van der Waals surface area (Å²) >= 11 is 3.33. The number of pyridine rings is 1. The number of halogens is 1. The van der Waals surface area contributed by atoms with Gasteiger partial charge in [-0.3, -0.25) is 9.78 Å². The number of hydrogen-bond donors (Lipinski definition) is 0. The van der Waals surface area contributed by atoms with E-state index in [0.717, 1.165) is 21.2 Å². The summed E-state index contributed by atoms with van der Waals surface area (Å²) in [5.41, 5.74) is 4.08. The van der Waals surface area contributed by atoms with Crippen molar-refractivity contribution in [1.29, 1.82) is 0 Å². The monoisotopic (exact) mass is 303 g/mol. The van der Waals surface area contributed by atoms with E-state index < -0.39 is 0 Å². The second-order valence-corrected chi connectivity index (χ2v) is 5.28. The molecule has 0 aliphatic heterocycles. The van der Waals surface area contributed by atoms with Crippen LogP contribution >= 0.6 is 15.9 Å². The highest BCUT2D eigenvalue weighted by Crippen LogP contribution is 2.17. The molecule has 3 heteroatoms. The SMILES string of the molecule is Cc1cccc(C)c1CC(=O)c1cncc(Br)c1. The number of hydrogen-bond acceptors (Lipinski definition) is 2. The van der Waals surface area contributed by atoms with Crippen LogP contribution in [0, 0.1) is 13.8 Å². The first-order valence-corrected chi connectivity index (χ1v) is 6.56. The van der Waals surface area contributed by atoms with Gasteiger partial charge in [-0.1, -0.05) is 18.2 Å². The van der Waals surface area contributed by atoms with Crippen LogP contribution in [0.5, 0.6) is 0 Å². The molecule has 0 atom stereocenters. The van der Waals surface area contributed by atoms with Crippen molar-refractivity contribution in [3.63, 3.8) is 0 Å². The van der Waals surface area contributed by atoms with Crippen molar-refractivity contribution in [2.75, 3.05) is 0 Å². The Kier molecular flexibility index (Phi) is 3.92. The van der Waals surface area contributed by atoms with Gasteiger partial charge in [0.25, 0.3) is 0 Å². The minimum absolute atomic E-state index is 0.0983. The molecule has 92 valence electrons. The van der Waals surface area contributed by atoms with E-state index in [0.29, 0.717) is 12.0 Å². The van der Waals surface area contributed by atoms with Crippen molar-refractivity contribution in [3.8, 4) is 0 Å². The number of benzene rings is 1. The zero-order valence-corrected chi connectivity index (χ0v) is 12.0. The Hall–Kier alpha value is -1.48. The van der Waals surface area contributed by atoms with Crippen LogP contribution in [0.1, 0.15) is 27.0 Å². The van der Waals surface area contributed by atoms with E-state index in [9.17, 15) is 4.79 Å². The number of carbonyl (C=O) groups is 1. The molecule has 0 aliphatic carbocycles. The molecule has 18 heavy (non-hydrogen) atoms. The highest BCUT2D eigenvalue weighted by atomic mass is 79.9. The Morgan fingerprint density at radius 2 is 1.89 bits per heavy atom. The number of ketones is 1. The minimum atomic E-state index is 0.0983. The van der Waals surface area contributed by atoms with Gasteiger partial charge in [0.1, 0.15) is 0 Å². The Balaban J connectivity index is 2.27. The maximum atomic E-state index is 12.2. The third kappa shape index (κ3) is 2.85. The molecule has 1 aromatic carbocycles. The van der Waals surface area contributed by atoms with Crippen molar-refractivity contribution >= 4 is 21.7 Å². The van der Waals surface area contributed by atoms with Gasteiger partial charge in [0.05, 0.1) is 0 Å². The average Bonchev–Trinajstić information content (AvgIpc) is 2.34. The fourth-order valence-corrected chi connectivity index (χ4v) is 2.32. The molecule has 2 nitrogen and oxygen atoms in total. The molecule has 0 amide bonds. The Labute approximate surface area is 115 Å². The zero-order valence-electron chi connectivity index (χ0n) is 10.4. The van der Waals surface area contributed by atoms with E-state index in [1.165, 1.54) is 0 Å². The second kappa shape index (κ2) is 5.44. The lowest BCUT2D eigenvalue weighted by Gasteiger charge is -2.08. The van der Waals surface area contributed by atoms with Gasteiger partial charge in [0, 0.05) is 28.9 Å². The summed E-state index contributed by atoms with van der Waals surface area (Å²) in [6.45, 7) is 4.07. The molecular weight excluding hydrogens is 290 g/mol. The number of Topliss-reactive ketones (excluding diaryl/α,β-unsaturated/α-hetero) is 1. The summed E-state index contributed by atoms with van der Waals surface area (Å²) in [5, 5.41) is 0. The standard InChI is InChI=1S/C15H14BrNO/c1-10-4-3-5-11(2)14(10)7-15(18)12-6-13(16)9-17-8-12/h3-6,8-9H,7H2,1-2H3. The summed E-state index contributed by atoms with van der Waals surface area (Å²) in [4.78, 5) is 16.2. The van der Waals surface area contributed by atoms with Crippen molar-refractivity contribution in [2.45, 2.75) is 20.3 Å². The van der Waals surface area contributed by atoms with Gasteiger partial charge in [0.15, 0.2) is 5.78 Å². The summed E-state index contributed by atoms with van der Waals surface area (Å²) in [7, 11) is 0. The number of carbonyl (C=O) groups excluding carboxylic acids is 1. The number of nitrogens with zero attached hydrogens (tertiary/aromatic N) is 1. The third-order valence-electron chi connectivity index (χ3n) is 3.01. The van der Waals surface area contributed by atoms with Crippen LogP contribution in [0.4, 0.5) is 0 Å². The van der Waals surface area contributed by atoms with Gasteiger partial charge < -0.3 is 0 Å². The fourth-order valence-electron chi connectivity index (χ4n) is 1.95. The molecule has 0 unspecified atom stereocenters. The predicted octanol–water partition coefficient (Wildman–Crippen LogP) is 3.89. The average molecular weight is 304 g/mol. The smallest absolute Gasteiger partial charge is 0.168 e. The van der Waals surface area contributed by atoms with Gasteiger partial charge in [-0.2, -0.15) is 0 Å². The van der Waals surface area contributed by atoms with Gasteiger partial charge in [0.2, 0.25) is 0 Å². The summed E-state index contributed by atoms with van der Waals surface area (Å²) in [6, 6.07) is 7.89. The Morgan fingerprint density at radius 1 is 1.22 bits per heavy atom. The molecule has 0 saturated carbocycles. The molecule has 0 radical (unpaired) electrons. The number of aryl methyl sites for hydroxylation is 2. The lowest BCUT2D eigenvalue weighted by molar-refractivity contribution is 0.0992. The molecule has 2 aromatic rings. The quantitative estimate of drug-likeness (QED) is 0.805. The number of aromatic nitrogens is 1. The highest BCUT2D eigenvalue weighted by molar-refractivity contribution is 9.10. The molecule has 1 heterocycles. The predicted molar refractivity (Wildman–Crippen MR) is 75.9 cm³/mol. The van der Waals surface area contributed by atoms with Crippen LogP contribution < -0.4 is 0 Å². The van der Waals surface area contributed by atoms with Crippen LogP contribution in [-0.2, 0) is 6.42 Å². The minimum Gasteiger partial charge on any atom is -0.294 e. The van der Waals surface area contributed by atoms with E-state index in [-0.39, 0.29) is 5.78 Å². The van der Waals surface area contributed by atoms with Gasteiger partial charge in [-0.05, 0) is 52.5 Å². The topological polar surface area (TPSA) is 30.0 Å². The number of rotatable bonds is 3. The third-order valence-corrected chi connectivity index (χ3v) is 3.44. The second-order valence-electron chi connectivity index (χ2n) is 4.36. The molecule has 0 saturated heterocycles. The van der Waals surface area contributed by atoms with Crippen molar-refractivity contribution < 1.29 is 4.79 Å². The van der Waals surface area contributed by atoms with Gasteiger partial charge in [-0.25, -0.2) is 0 Å². The van der Waals surface area contributed by atoms with Crippen LogP contribution in [0.3, 0.4) is 0 Å². The molecule has 0 aliphatic rings. The highest BCUT2D eigenvalue weighted by Gasteiger charge is 2.11. The van der Waals surface area contributed by atoms with Gasteiger partial charge >= 0.3 is 0 Å². The molecule has 1 aromatic heterocycles. The molecule has 0 fully saturated rings. The summed E-state index contributed by atoms with van der Waals surface area (Å²) in [5.74, 6) is 0.0983. The van der Waals surface area contributed by atoms with Crippen molar-refractivity contribution in [3.05, 3.63) is 63.4 Å². The largest absolute Gasteiger partial charge is 0.294 e. The lowest BCUT2D eigenvalue weighted by atomic mass is 9.96. The maximum absolute atomic E-state index is 12.2. The molecular formula is C15H14BrNO. The normalized spacial score (nSPS) is 10.4. The van der Waals surface area contributed by atoms with E-state index >= 15 is 0 Å². The van der Waals surface area contributed by atoms with Crippen molar-refractivity contribution in [2.24, 2.45) is 0 Å². The van der Waals surface area contributed by atoms with Crippen LogP contribution in [0.2, 0.25) is 0 Å². The van der Waals surface area contributed by atoms with Gasteiger partial charge in [-0.15, -0.1) is 0 Å². The molecule has 0 bridgehead atoms. The first-order chi connectivity index (χ1) is 8.58. The van der Waals surface area contributed by atoms with Crippen LogP contribution in [-0.4, -0.2) is 10.8 Å². The van der Waals surface area contributed by atoms with E-state index in [4.69, 9.17) is 0 Å².